The Bertz CT molecular complexity index is 436. The number of hydrogen-bond acceptors (Lipinski definition) is 2. The molecular weight excluding hydrogens is 305 g/mol. The molecule has 0 bridgehead atoms. The number of alkyl halides is 2. The van der Waals surface area contributed by atoms with Crippen LogP contribution in [-0.4, -0.2) is 4.98 Å². The molecular formula is C8H5F2IN2O. The summed E-state index contributed by atoms with van der Waals surface area (Å²) in [5.41, 5.74) is -1.31. The highest BCUT2D eigenvalue weighted by molar-refractivity contribution is 14.1. The second-order valence-corrected chi connectivity index (χ2v) is 3.66. The van der Waals surface area contributed by atoms with E-state index in [9.17, 15) is 13.6 Å². The van der Waals surface area contributed by atoms with Crippen molar-refractivity contribution < 1.29 is 8.78 Å². The van der Waals surface area contributed by atoms with E-state index in [0.29, 0.717) is 3.57 Å². The van der Waals surface area contributed by atoms with E-state index in [2.05, 4.69) is 4.98 Å². The van der Waals surface area contributed by atoms with E-state index in [-0.39, 0.29) is 12.0 Å². The second kappa shape index (κ2) is 4.50. The molecule has 0 spiro atoms. The molecule has 1 aromatic rings. The first-order valence-corrected chi connectivity index (χ1v) is 4.71. The first kappa shape index (κ1) is 11.1. The number of aromatic nitrogens is 1. The van der Waals surface area contributed by atoms with Crippen molar-refractivity contribution in [3.8, 4) is 6.07 Å². The van der Waals surface area contributed by atoms with Crippen molar-refractivity contribution in [2.24, 2.45) is 0 Å². The van der Waals surface area contributed by atoms with Gasteiger partial charge in [-0.3, -0.25) is 4.79 Å². The third-order valence-electron chi connectivity index (χ3n) is 1.66. The Morgan fingerprint density at radius 1 is 1.64 bits per heavy atom. The zero-order chi connectivity index (χ0) is 10.7. The second-order valence-electron chi connectivity index (χ2n) is 2.49. The number of nitrogens with zero attached hydrogens (tertiary/aromatic N) is 1. The molecule has 0 fully saturated rings. The smallest absolute Gasteiger partial charge is 0.269 e. The van der Waals surface area contributed by atoms with Gasteiger partial charge in [0, 0.05) is 9.77 Å². The molecule has 0 unspecified atom stereocenters. The molecule has 0 aliphatic carbocycles. The van der Waals surface area contributed by atoms with Gasteiger partial charge < -0.3 is 4.98 Å². The molecule has 0 amide bonds. The number of pyridine rings is 1. The molecule has 0 saturated carbocycles. The highest BCUT2D eigenvalue weighted by Gasteiger charge is 2.19. The van der Waals surface area contributed by atoms with Crippen LogP contribution in [0.2, 0.25) is 0 Å². The monoisotopic (exact) mass is 310 g/mol. The minimum Gasteiger partial charge on any atom is -0.328 e. The Morgan fingerprint density at radius 2 is 2.29 bits per heavy atom. The van der Waals surface area contributed by atoms with Gasteiger partial charge in [-0.15, -0.1) is 0 Å². The summed E-state index contributed by atoms with van der Waals surface area (Å²) in [7, 11) is 0. The molecule has 0 atom stereocenters. The molecule has 3 nitrogen and oxygen atoms in total. The molecule has 1 heterocycles. The van der Waals surface area contributed by atoms with Crippen LogP contribution in [0.25, 0.3) is 0 Å². The van der Waals surface area contributed by atoms with E-state index in [1.807, 2.05) is 0 Å². The number of hydrogen-bond donors (Lipinski definition) is 1. The van der Waals surface area contributed by atoms with Crippen LogP contribution in [0, 0.1) is 14.9 Å². The lowest BCUT2D eigenvalue weighted by Crippen LogP contribution is -2.17. The highest BCUT2D eigenvalue weighted by Crippen LogP contribution is 2.22. The predicted molar refractivity (Wildman–Crippen MR) is 54.1 cm³/mol. The van der Waals surface area contributed by atoms with E-state index in [1.165, 1.54) is 6.20 Å². The van der Waals surface area contributed by atoms with E-state index < -0.39 is 17.5 Å². The largest absolute Gasteiger partial charge is 0.328 e. The summed E-state index contributed by atoms with van der Waals surface area (Å²) in [6, 6.07) is 1.76. The van der Waals surface area contributed by atoms with Crippen LogP contribution in [-0.2, 0) is 6.42 Å². The van der Waals surface area contributed by atoms with Gasteiger partial charge in [0.15, 0.2) is 0 Å². The third-order valence-corrected chi connectivity index (χ3v) is 2.62. The minimum absolute atomic E-state index is 0.117. The summed E-state index contributed by atoms with van der Waals surface area (Å²) in [5.74, 6) is 0. The lowest BCUT2D eigenvalue weighted by molar-refractivity contribution is 0.148. The maximum absolute atomic E-state index is 12.5. The predicted octanol–water partition coefficient (Wildman–Crippen LogP) is 1.98. The number of H-pyrrole nitrogens is 1. The van der Waals surface area contributed by atoms with Crippen LogP contribution in [0.1, 0.15) is 17.6 Å². The van der Waals surface area contributed by atoms with E-state index >= 15 is 0 Å². The van der Waals surface area contributed by atoms with Crippen LogP contribution in [0.5, 0.6) is 0 Å². The third kappa shape index (κ3) is 2.09. The Balaban J connectivity index is 3.43. The first-order valence-electron chi connectivity index (χ1n) is 3.63. The standard InChI is InChI=1S/C8H5F2IN2O/c9-7(10)6-4(1-2-12)5(11)3-13-8(6)14/h3,7H,1H2,(H,13,14). The molecule has 0 radical (unpaired) electrons. The normalized spacial score (nSPS) is 10.2. The molecule has 6 heteroatoms. The van der Waals surface area contributed by atoms with E-state index in [4.69, 9.17) is 5.26 Å². The Morgan fingerprint density at radius 3 is 2.79 bits per heavy atom. The number of aromatic amines is 1. The molecule has 14 heavy (non-hydrogen) atoms. The maximum atomic E-state index is 12.5. The fourth-order valence-corrected chi connectivity index (χ4v) is 1.69. The minimum atomic E-state index is -2.85. The molecule has 0 aromatic carbocycles. The summed E-state index contributed by atoms with van der Waals surface area (Å²) in [6.07, 6.45) is -1.71. The molecule has 0 aliphatic heterocycles. The summed E-state index contributed by atoms with van der Waals surface area (Å²) >= 11 is 1.80. The number of nitrogens with one attached hydrogen (secondary N) is 1. The van der Waals surface area contributed by atoms with Crippen molar-refractivity contribution in [1.82, 2.24) is 4.98 Å². The summed E-state index contributed by atoms with van der Waals surface area (Å²) in [5, 5.41) is 8.43. The van der Waals surface area contributed by atoms with Crippen LogP contribution in [0.3, 0.4) is 0 Å². The van der Waals surface area contributed by atoms with Crippen LogP contribution in [0.4, 0.5) is 8.78 Å². The van der Waals surface area contributed by atoms with Gasteiger partial charge >= 0.3 is 0 Å². The van der Waals surface area contributed by atoms with Gasteiger partial charge in [0.2, 0.25) is 0 Å². The van der Waals surface area contributed by atoms with Crippen molar-refractivity contribution >= 4 is 22.6 Å². The van der Waals surface area contributed by atoms with Crippen molar-refractivity contribution in [2.75, 3.05) is 0 Å². The van der Waals surface area contributed by atoms with Gasteiger partial charge in [-0.1, -0.05) is 0 Å². The summed E-state index contributed by atoms with van der Waals surface area (Å²) < 4.78 is 25.4. The molecule has 0 aliphatic rings. The van der Waals surface area contributed by atoms with Crippen LogP contribution < -0.4 is 5.56 Å². The maximum Gasteiger partial charge on any atom is 0.269 e. The topological polar surface area (TPSA) is 56.6 Å². The van der Waals surface area contributed by atoms with Crippen LogP contribution >= 0.6 is 22.6 Å². The molecule has 1 aromatic heterocycles. The van der Waals surface area contributed by atoms with E-state index in [1.54, 1.807) is 28.7 Å². The van der Waals surface area contributed by atoms with Crippen molar-refractivity contribution in [3.63, 3.8) is 0 Å². The SMILES string of the molecule is N#CCc1c(I)c[nH]c(=O)c1C(F)F. The van der Waals surface area contributed by atoms with Gasteiger partial charge in [-0.05, 0) is 28.2 Å². The van der Waals surface area contributed by atoms with Gasteiger partial charge in [0.1, 0.15) is 0 Å². The average Bonchev–Trinajstić information content (AvgIpc) is 2.11. The van der Waals surface area contributed by atoms with Crippen molar-refractivity contribution in [2.45, 2.75) is 12.8 Å². The lowest BCUT2D eigenvalue weighted by atomic mass is 10.1. The fraction of sp³-hybridized carbons (Fsp3) is 0.250. The number of rotatable bonds is 2. The number of nitriles is 1. The van der Waals surface area contributed by atoms with Gasteiger partial charge in [-0.25, -0.2) is 8.78 Å². The molecule has 1 N–H and O–H groups in total. The van der Waals surface area contributed by atoms with Gasteiger partial charge in [0.25, 0.3) is 12.0 Å². The van der Waals surface area contributed by atoms with Crippen molar-refractivity contribution in [3.05, 3.63) is 31.2 Å². The summed E-state index contributed by atoms with van der Waals surface area (Å²) in [4.78, 5) is 13.3. The average molecular weight is 310 g/mol. The summed E-state index contributed by atoms with van der Waals surface area (Å²) in [6.45, 7) is 0. The zero-order valence-corrected chi connectivity index (χ0v) is 9.01. The number of halogens is 3. The molecule has 1 rings (SSSR count). The lowest BCUT2D eigenvalue weighted by Gasteiger charge is -2.06. The Labute approximate surface area is 91.9 Å². The van der Waals surface area contributed by atoms with Crippen LogP contribution in [0.15, 0.2) is 11.0 Å². The molecule has 0 saturated heterocycles. The van der Waals surface area contributed by atoms with E-state index in [0.717, 1.165) is 0 Å². The van der Waals surface area contributed by atoms with Gasteiger partial charge in [-0.2, -0.15) is 5.26 Å². The molecule has 74 valence electrons. The first-order chi connectivity index (χ1) is 6.57. The van der Waals surface area contributed by atoms with Gasteiger partial charge in [0.05, 0.1) is 18.1 Å². The Hall–Kier alpha value is -0.970. The van der Waals surface area contributed by atoms with Crippen molar-refractivity contribution in [1.29, 1.82) is 5.26 Å². The Kier molecular flexibility index (Phi) is 3.57. The fourth-order valence-electron chi connectivity index (χ4n) is 1.05. The highest BCUT2D eigenvalue weighted by atomic mass is 127. The zero-order valence-electron chi connectivity index (χ0n) is 6.85. The quantitative estimate of drug-likeness (QED) is 0.849.